The van der Waals surface area contributed by atoms with Gasteiger partial charge in [0.05, 0.1) is 0 Å². The van der Waals surface area contributed by atoms with Crippen LogP contribution in [0.5, 0.6) is 11.5 Å². The summed E-state index contributed by atoms with van der Waals surface area (Å²) >= 11 is 0. The number of amides is 2. The molecule has 0 atom stereocenters. The van der Waals surface area contributed by atoms with Gasteiger partial charge in [-0.1, -0.05) is 25.7 Å². The maximum Gasteiger partial charge on any atom is 0.239 e. The molecule has 26 heavy (non-hydrogen) atoms. The molecule has 3 rings (SSSR count). The van der Waals surface area contributed by atoms with Crippen molar-refractivity contribution in [3.8, 4) is 11.5 Å². The lowest BCUT2D eigenvalue weighted by Gasteiger charge is -2.26. The van der Waals surface area contributed by atoms with Gasteiger partial charge in [-0.25, -0.2) is 0 Å². The van der Waals surface area contributed by atoms with Gasteiger partial charge in [0, 0.05) is 17.8 Å². The number of rotatable bonds is 4. The Labute approximate surface area is 154 Å². The van der Waals surface area contributed by atoms with Crippen LogP contribution >= 0.6 is 0 Å². The molecule has 1 aliphatic carbocycles. The summed E-state index contributed by atoms with van der Waals surface area (Å²) in [5, 5.41) is 5.90. The molecule has 1 aliphatic heterocycles. The van der Waals surface area contributed by atoms with Crippen LogP contribution in [0.2, 0.25) is 0 Å². The van der Waals surface area contributed by atoms with E-state index in [9.17, 15) is 9.59 Å². The lowest BCUT2D eigenvalue weighted by Crippen LogP contribution is -2.48. The fraction of sp³-hybridized carbons (Fsp3) is 0.600. The first-order valence-corrected chi connectivity index (χ1v) is 9.49. The minimum Gasteiger partial charge on any atom is -0.486 e. The highest BCUT2D eigenvalue weighted by atomic mass is 16.6. The highest BCUT2D eigenvalue weighted by Gasteiger charge is 2.37. The summed E-state index contributed by atoms with van der Waals surface area (Å²) in [5.74, 6) is 0.717. The van der Waals surface area contributed by atoms with Crippen LogP contribution in [-0.2, 0) is 9.59 Å². The van der Waals surface area contributed by atoms with E-state index in [1.807, 2.05) is 0 Å². The fourth-order valence-corrected chi connectivity index (χ4v) is 3.30. The van der Waals surface area contributed by atoms with Crippen LogP contribution in [0.4, 0.5) is 5.69 Å². The normalized spacial score (nSPS) is 17.9. The monoisotopic (exact) mass is 360 g/mol. The van der Waals surface area contributed by atoms with E-state index in [0.717, 1.165) is 25.7 Å². The van der Waals surface area contributed by atoms with Crippen molar-refractivity contribution in [3.63, 3.8) is 0 Å². The Morgan fingerprint density at radius 3 is 2.31 bits per heavy atom. The lowest BCUT2D eigenvalue weighted by atomic mass is 9.90. The molecule has 0 aromatic heterocycles. The summed E-state index contributed by atoms with van der Waals surface area (Å²) < 4.78 is 11.0. The summed E-state index contributed by atoms with van der Waals surface area (Å²) in [5.41, 5.74) is -0.561. The SMILES string of the molecule is CC(C)(C(=O)Nc1ccc2c(c1)OCCO2)C(=O)NC1CCCCCC1. The molecule has 142 valence electrons. The van der Waals surface area contributed by atoms with E-state index < -0.39 is 5.41 Å². The van der Waals surface area contributed by atoms with E-state index in [-0.39, 0.29) is 17.9 Å². The van der Waals surface area contributed by atoms with E-state index in [1.54, 1.807) is 32.0 Å². The summed E-state index contributed by atoms with van der Waals surface area (Å²) in [6.45, 7) is 4.32. The summed E-state index contributed by atoms with van der Waals surface area (Å²) in [6.07, 6.45) is 6.70. The minimum absolute atomic E-state index is 0.173. The average molecular weight is 360 g/mol. The molecule has 0 saturated heterocycles. The van der Waals surface area contributed by atoms with Crippen molar-refractivity contribution in [1.82, 2.24) is 5.32 Å². The molecule has 2 aliphatic rings. The molecular formula is C20H28N2O4. The molecule has 1 aromatic carbocycles. The van der Waals surface area contributed by atoms with Gasteiger partial charge in [0.15, 0.2) is 11.5 Å². The van der Waals surface area contributed by atoms with Crippen molar-refractivity contribution in [2.75, 3.05) is 18.5 Å². The first kappa shape index (κ1) is 18.5. The Morgan fingerprint density at radius 1 is 0.962 bits per heavy atom. The molecule has 1 saturated carbocycles. The number of carbonyl (C=O) groups excluding carboxylic acids is 2. The molecule has 0 bridgehead atoms. The summed E-state index contributed by atoms with van der Waals surface area (Å²) in [7, 11) is 0. The Balaban J connectivity index is 1.62. The van der Waals surface area contributed by atoms with Crippen LogP contribution in [0.25, 0.3) is 0 Å². The van der Waals surface area contributed by atoms with Crippen molar-refractivity contribution in [2.24, 2.45) is 5.41 Å². The third kappa shape index (κ3) is 4.29. The smallest absolute Gasteiger partial charge is 0.239 e. The van der Waals surface area contributed by atoms with Gasteiger partial charge in [-0.15, -0.1) is 0 Å². The second-order valence-corrected chi connectivity index (χ2v) is 7.60. The Hall–Kier alpha value is -2.24. The number of fused-ring (bicyclic) bond motifs is 1. The lowest BCUT2D eigenvalue weighted by molar-refractivity contribution is -0.138. The number of ether oxygens (including phenoxy) is 2. The van der Waals surface area contributed by atoms with Crippen LogP contribution < -0.4 is 20.1 Å². The van der Waals surface area contributed by atoms with Gasteiger partial charge in [0.25, 0.3) is 0 Å². The molecule has 1 aromatic rings. The van der Waals surface area contributed by atoms with Gasteiger partial charge in [-0.2, -0.15) is 0 Å². The second kappa shape index (κ2) is 7.98. The predicted molar refractivity (Wildman–Crippen MR) is 99.5 cm³/mol. The van der Waals surface area contributed by atoms with Gasteiger partial charge in [-0.3, -0.25) is 9.59 Å². The van der Waals surface area contributed by atoms with Gasteiger partial charge < -0.3 is 20.1 Å². The number of benzene rings is 1. The fourth-order valence-electron chi connectivity index (χ4n) is 3.30. The van der Waals surface area contributed by atoms with E-state index in [1.165, 1.54) is 12.8 Å². The summed E-state index contributed by atoms with van der Waals surface area (Å²) in [4.78, 5) is 25.4. The molecule has 6 heteroatoms. The van der Waals surface area contributed by atoms with E-state index in [0.29, 0.717) is 30.4 Å². The van der Waals surface area contributed by atoms with E-state index in [4.69, 9.17) is 9.47 Å². The van der Waals surface area contributed by atoms with Crippen molar-refractivity contribution < 1.29 is 19.1 Å². The third-order valence-corrected chi connectivity index (χ3v) is 5.13. The van der Waals surface area contributed by atoms with Crippen molar-refractivity contribution in [3.05, 3.63) is 18.2 Å². The first-order valence-electron chi connectivity index (χ1n) is 9.49. The topological polar surface area (TPSA) is 76.7 Å². The van der Waals surface area contributed by atoms with Crippen molar-refractivity contribution in [2.45, 2.75) is 58.4 Å². The molecule has 2 N–H and O–H groups in total. The number of hydrogen-bond acceptors (Lipinski definition) is 4. The Kier molecular flexibility index (Phi) is 5.69. The molecule has 6 nitrogen and oxygen atoms in total. The van der Waals surface area contributed by atoms with Gasteiger partial charge in [0.1, 0.15) is 18.6 Å². The molecule has 0 radical (unpaired) electrons. The Bertz CT molecular complexity index is 664. The Morgan fingerprint density at radius 2 is 1.62 bits per heavy atom. The van der Waals surface area contributed by atoms with Crippen molar-refractivity contribution >= 4 is 17.5 Å². The molecule has 1 fully saturated rings. The number of nitrogens with one attached hydrogen (secondary N) is 2. The maximum atomic E-state index is 12.7. The largest absolute Gasteiger partial charge is 0.486 e. The zero-order valence-electron chi connectivity index (χ0n) is 15.6. The van der Waals surface area contributed by atoms with Crippen LogP contribution in [0.1, 0.15) is 52.4 Å². The molecule has 0 unspecified atom stereocenters. The highest BCUT2D eigenvalue weighted by molar-refractivity contribution is 6.10. The standard InChI is InChI=1S/C20H28N2O4/c1-20(2,18(23)21-14-7-5-3-4-6-8-14)19(24)22-15-9-10-16-17(13-15)26-12-11-25-16/h9-10,13-14H,3-8,11-12H2,1-2H3,(H,21,23)(H,22,24). The zero-order valence-corrected chi connectivity index (χ0v) is 15.6. The van der Waals surface area contributed by atoms with Crippen LogP contribution in [0.3, 0.4) is 0 Å². The van der Waals surface area contributed by atoms with Gasteiger partial charge >= 0.3 is 0 Å². The van der Waals surface area contributed by atoms with E-state index in [2.05, 4.69) is 10.6 Å². The maximum absolute atomic E-state index is 12.7. The highest BCUT2D eigenvalue weighted by Crippen LogP contribution is 2.33. The third-order valence-electron chi connectivity index (χ3n) is 5.13. The quantitative estimate of drug-likeness (QED) is 0.638. The van der Waals surface area contributed by atoms with E-state index >= 15 is 0 Å². The first-order chi connectivity index (χ1) is 12.5. The number of anilines is 1. The van der Waals surface area contributed by atoms with Crippen LogP contribution in [0, 0.1) is 5.41 Å². The van der Waals surface area contributed by atoms with Crippen molar-refractivity contribution in [1.29, 1.82) is 0 Å². The van der Waals surface area contributed by atoms with Crippen LogP contribution in [0.15, 0.2) is 18.2 Å². The van der Waals surface area contributed by atoms with Crippen LogP contribution in [-0.4, -0.2) is 31.1 Å². The number of hydrogen-bond donors (Lipinski definition) is 2. The second-order valence-electron chi connectivity index (χ2n) is 7.60. The van der Waals surface area contributed by atoms with Gasteiger partial charge in [-0.05, 0) is 38.8 Å². The minimum atomic E-state index is -1.15. The molecule has 0 spiro atoms. The molecular weight excluding hydrogens is 332 g/mol. The predicted octanol–water partition coefficient (Wildman–Crippen LogP) is 3.26. The number of carbonyl (C=O) groups is 2. The summed E-state index contributed by atoms with van der Waals surface area (Å²) in [6, 6.07) is 5.42. The zero-order chi connectivity index (χ0) is 18.6. The molecule has 2 amide bonds. The average Bonchev–Trinajstić information content (AvgIpc) is 2.90. The van der Waals surface area contributed by atoms with Gasteiger partial charge in [0.2, 0.25) is 11.8 Å². The molecule has 1 heterocycles.